The Hall–Kier alpha value is -0.910. The number of sulfonamides is 1. The summed E-state index contributed by atoms with van der Waals surface area (Å²) in [5, 5.41) is 7.12. The van der Waals surface area contributed by atoms with Gasteiger partial charge in [-0.05, 0) is 0 Å². The van der Waals surface area contributed by atoms with E-state index in [1.165, 1.54) is 0 Å². The molecule has 11 heteroatoms. The van der Waals surface area contributed by atoms with E-state index in [9.17, 15) is 21.6 Å². The highest BCUT2D eigenvalue weighted by Gasteiger charge is 2.38. The van der Waals surface area contributed by atoms with Crippen LogP contribution in [0.1, 0.15) is 0 Å². The molecule has 0 aromatic heterocycles. The Morgan fingerprint density at radius 1 is 1.50 bits per heavy atom. The molecule has 0 aromatic carbocycles. The third-order valence-electron chi connectivity index (χ3n) is 0.673. The average molecular weight is 268 g/mol. The number of rotatable bonds is 4. The summed E-state index contributed by atoms with van der Waals surface area (Å²) in [6.07, 6.45) is -4.08. The summed E-state index contributed by atoms with van der Waals surface area (Å²) < 4.78 is 52.2. The molecule has 0 rings (SSSR count). The van der Waals surface area contributed by atoms with Crippen LogP contribution in [0.5, 0.6) is 0 Å². The summed E-state index contributed by atoms with van der Waals surface area (Å²) >= 11 is 0. The van der Waals surface area contributed by atoms with Crippen molar-refractivity contribution in [2.75, 3.05) is 19.4 Å². The quantitative estimate of drug-likeness (QED) is 0.447. The number of halogens is 3. The van der Waals surface area contributed by atoms with Gasteiger partial charge in [0.15, 0.2) is 0 Å². The molecule has 16 heavy (non-hydrogen) atoms. The molecule has 0 radical (unpaired) electrons. The van der Waals surface area contributed by atoms with E-state index in [0.29, 0.717) is 6.54 Å². The Balaban J connectivity index is 0. The molecule has 0 aromatic rings. The number of alkyl halides is 3. The Kier molecular flexibility index (Phi) is 8.06. The summed E-state index contributed by atoms with van der Waals surface area (Å²) in [6.45, 7) is 0.482. The van der Waals surface area contributed by atoms with Gasteiger partial charge in [0.05, 0.1) is 12.9 Å². The van der Waals surface area contributed by atoms with Crippen molar-refractivity contribution in [1.29, 1.82) is 0 Å². The number of carboxylic acid groups (broad SMARTS) is 1. The zero-order valence-corrected chi connectivity index (χ0v) is 8.93. The van der Waals surface area contributed by atoms with E-state index in [-0.39, 0.29) is 6.61 Å². The first kappa shape index (κ1) is 17.5. The first-order valence-corrected chi connectivity index (χ1v) is 5.48. The Labute approximate surface area is 89.4 Å². The van der Waals surface area contributed by atoms with Gasteiger partial charge in [0, 0.05) is 6.54 Å². The molecular weight excluding hydrogens is 257 g/mol. The van der Waals surface area contributed by atoms with Gasteiger partial charge < -0.3 is 10.8 Å². The van der Waals surface area contributed by atoms with E-state index in [1.54, 1.807) is 0 Å². The molecule has 0 fully saturated rings. The van der Waals surface area contributed by atoms with Crippen LogP contribution in [0, 0.1) is 0 Å². The SMILES string of the molecule is CS(=O)(=O)NOCCN.O=C(O)C(F)(F)F. The molecule has 4 N–H and O–H groups in total. The van der Waals surface area contributed by atoms with Crippen LogP contribution >= 0.6 is 0 Å². The second kappa shape index (κ2) is 7.38. The van der Waals surface area contributed by atoms with Crippen LogP contribution in [0.15, 0.2) is 0 Å². The summed E-state index contributed by atoms with van der Waals surface area (Å²) in [4.78, 5) is 15.1. The van der Waals surface area contributed by atoms with Crippen LogP contribution in [-0.2, 0) is 19.7 Å². The van der Waals surface area contributed by atoms with Gasteiger partial charge in [-0.3, -0.25) is 4.84 Å². The highest BCUT2D eigenvalue weighted by molar-refractivity contribution is 7.88. The average Bonchev–Trinajstić information content (AvgIpc) is 2.01. The number of hydrogen-bond donors (Lipinski definition) is 3. The number of carbonyl (C=O) groups is 1. The topological polar surface area (TPSA) is 119 Å². The van der Waals surface area contributed by atoms with E-state index in [2.05, 4.69) is 4.84 Å². The van der Waals surface area contributed by atoms with Crippen LogP contribution in [0.2, 0.25) is 0 Å². The maximum atomic E-state index is 10.6. The number of nitrogens with two attached hydrogens (primary N) is 1. The first-order valence-electron chi connectivity index (χ1n) is 3.59. The van der Waals surface area contributed by atoms with Crippen molar-refractivity contribution < 1.29 is 36.3 Å². The van der Waals surface area contributed by atoms with Gasteiger partial charge in [0.1, 0.15) is 0 Å². The molecule has 0 heterocycles. The molecule has 0 aliphatic heterocycles. The van der Waals surface area contributed by atoms with Crippen molar-refractivity contribution in [2.45, 2.75) is 6.18 Å². The molecule has 0 aliphatic rings. The van der Waals surface area contributed by atoms with Crippen LogP contribution < -0.4 is 10.6 Å². The number of aliphatic carboxylic acids is 1. The molecule has 7 nitrogen and oxygen atoms in total. The minimum absolute atomic E-state index is 0.188. The largest absolute Gasteiger partial charge is 0.490 e. The van der Waals surface area contributed by atoms with E-state index in [4.69, 9.17) is 15.6 Å². The van der Waals surface area contributed by atoms with Gasteiger partial charge in [-0.15, -0.1) is 0 Å². The lowest BCUT2D eigenvalue weighted by molar-refractivity contribution is -0.192. The first-order chi connectivity index (χ1) is 7.00. The number of hydrogen-bond acceptors (Lipinski definition) is 5. The van der Waals surface area contributed by atoms with Crippen molar-refractivity contribution in [3.05, 3.63) is 0 Å². The highest BCUT2D eigenvalue weighted by atomic mass is 32.2. The molecule has 0 unspecified atom stereocenters. The Morgan fingerprint density at radius 3 is 2.06 bits per heavy atom. The monoisotopic (exact) mass is 268 g/mol. The van der Waals surface area contributed by atoms with E-state index >= 15 is 0 Å². The van der Waals surface area contributed by atoms with Gasteiger partial charge >= 0.3 is 12.1 Å². The molecule has 0 bridgehead atoms. The van der Waals surface area contributed by atoms with Crippen LogP contribution in [0.25, 0.3) is 0 Å². The molecular formula is C5H11F3N2O5S. The predicted molar refractivity (Wildman–Crippen MR) is 46.7 cm³/mol. The smallest absolute Gasteiger partial charge is 0.475 e. The van der Waals surface area contributed by atoms with Crippen molar-refractivity contribution in [2.24, 2.45) is 5.73 Å². The lowest BCUT2D eigenvalue weighted by Gasteiger charge is -1.99. The van der Waals surface area contributed by atoms with Crippen molar-refractivity contribution >= 4 is 16.0 Å². The third kappa shape index (κ3) is 15.6. The maximum absolute atomic E-state index is 10.6. The maximum Gasteiger partial charge on any atom is 0.490 e. The third-order valence-corrected chi connectivity index (χ3v) is 1.09. The minimum atomic E-state index is -5.08. The van der Waals surface area contributed by atoms with Gasteiger partial charge in [-0.25, -0.2) is 13.2 Å². The highest BCUT2D eigenvalue weighted by Crippen LogP contribution is 2.13. The summed E-state index contributed by atoms with van der Waals surface area (Å²) in [6, 6.07) is 0. The van der Waals surface area contributed by atoms with E-state index in [0.717, 1.165) is 6.26 Å². The van der Waals surface area contributed by atoms with Crippen LogP contribution in [-0.4, -0.2) is 45.1 Å². The van der Waals surface area contributed by atoms with Gasteiger partial charge in [-0.2, -0.15) is 13.2 Å². The molecule has 0 aliphatic carbocycles. The second-order valence-electron chi connectivity index (χ2n) is 2.30. The lowest BCUT2D eigenvalue weighted by Crippen LogP contribution is -2.25. The fourth-order valence-corrected chi connectivity index (χ4v) is 0.505. The Bertz CT molecular complexity index is 302. The number of carboxylic acids is 1. The van der Waals surface area contributed by atoms with E-state index in [1.807, 2.05) is 4.89 Å². The summed E-state index contributed by atoms with van der Waals surface area (Å²) in [5.74, 6) is -2.76. The van der Waals surface area contributed by atoms with Gasteiger partial charge in [0.2, 0.25) is 10.0 Å². The fraction of sp³-hybridized carbons (Fsp3) is 0.800. The normalized spacial score (nSPS) is 11.6. The molecule has 98 valence electrons. The summed E-state index contributed by atoms with van der Waals surface area (Å²) in [7, 11) is -3.22. The molecule has 0 saturated carbocycles. The van der Waals surface area contributed by atoms with E-state index < -0.39 is 22.2 Å². The molecule has 0 spiro atoms. The van der Waals surface area contributed by atoms with Crippen molar-refractivity contribution in [1.82, 2.24) is 4.89 Å². The predicted octanol–water partition coefficient (Wildman–Crippen LogP) is -0.941. The zero-order valence-electron chi connectivity index (χ0n) is 8.11. The molecule has 0 atom stereocenters. The van der Waals surface area contributed by atoms with Crippen molar-refractivity contribution in [3.8, 4) is 0 Å². The fourth-order valence-electron chi connectivity index (χ4n) is 0.208. The minimum Gasteiger partial charge on any atom is -0.475 e. The van der Waals surface area contributed by atoms with Crippen molar-refractivity contribution in [3.63, 3.8) is 0 Å². The van der Waals surface area contributed by atoms with Gasteiger partial charge in [0.25, 0.3) is 0 Å². The molecule has 0 saturated heterocycles. The lowest BCUT2D eigenvalue weighted by atomic mass is 10.7. The summed E-state index contributed by atoms with van der Waals surface area (Å²) in [5.41, 5.74) is 5.00. The molecule has 0 amide bonds. The standard InChI is InChI=1S/C3H10N2O3S.C2HF3O2/c1-9(6,7)5-8-3-2-4;3-2(4,5)1(6)7/h5H,2-4H2,1H3;(H,6,7). The van der Waals surface area contributed by atoms with Gasteiger partial charge in [-0.1, -0.05) is 4.89 Å². The second-order valence-corrected chi connectivity index (χ2v) is 4.01. The van der Waals surface area contributed by atoms with Crippen LogP contribution in [0.3, 0.4) is 0 Å². The zero-order chi connectivity index (χ0) is 13.4. The number of nitrogens with one attached hydrogen (secondary N) is 1. The van der Waals surface area contributed by atoms with Crippen LogP contribution in [0.4, 0.5) is 13.2 Å². The Morgan fingerprint density at radius 2 is 1.88 bits per heavy atom.